The number of aromatic nitrogens is 5. The molecule has 0 spiro atoms. The normalized spacial score (nSPS) is 19.5. The summed E-state index contributed by atoms with van der Waals surface area (Å²) < 4.78 is 7.79. The number of piperidine rings is 1. The van der Waals surface area contributed by atoms with E-state index in [0.717, 1.165) is 72.6 Å². The van der Waals surface area contributed by atoms with Gasteiger partial charge in [-0.15, -0.1) is 0 Å². The third-order valence-electron chi connectivity index (χ3n) is 8.12. The summed E-state index contributed by atoms with van der Waals surface area (Å²) in [5.74, 6) is 0. The molecule has 6 rings (SSSR count). The molecule has 200 valence electrons. The van der Waals surface area contributed by atoms with Gasteiger partial charge in [0.2, 0.25) is 0 Å². The minimum atomic E-state index is -0.143. The van der Waals surface area contributed by atoms with Crippen LogP contribution >= 0.6 is 0 Å². The van der Waals surface area contributed by atoms with Gasteiger partial charge < -0.3 is 24.6 Å². The summed E-state index contributed by atoms with van der Waals surface area (Å²) in [7, 11) is 0. The summed E-state index contributed by atoms with van der Waals surface area (Å²) in [6.07, 6.45) is 10.1. The Hall–Kier alpha value is -3.27. The lowest BCUT2D eigenvalue weighted by molar-refractivity contribution is 0.00351. The zero-order valence-electron chi connectivity index (χ0n) is 22.5. The van der Waals surface area contributed by atoms with Crippen LogP contribution in [-0.4, -0.2) is 86.8 Å². The molecule has 0 bridgehead atoms. The number of aliphatic hydroxyl groups is 1. The Bertz CT molecular complexity index is 1400. The molecule has 2 saturated heterocycles. The number of aromatic amines is 1. The number of hydrogen-bond donors (Lipinski definition) is 2. The Balaban J connectivity index is 1.28. The van der Waals surface area contributed by atoms with E-state index in [0.29, 0.717) is 19.2 Å². The van der Waals surface area contributed by atoms with Gasteiger partial charge in [0.25, 0.3) is 0 Å². The van der Waals surface area contributed by atoms with Crippen molar-refractivity contribution in [3.05, 3.63) is 48.0 Å². The van der Waals surface area contributed by atoms with Gasteiger partial charge in [-0.25, -0.2) is 9.97 Å². The number of aryl methyl sites for hydroxylation is 2. The fourth-order valence-electron chi connectivity index (χ4n) is 6.06. The second kappa shape index (κ2) is 10.5. The van der Waals surface area contributed by atoms with Crippen LogP contribution in [0.3, 0.4) is 0 Å². The molecule has 0 radical (unpaired) electrons. The smallest absolute Gasteiger partial charge is 0.156 e. The van der Waals surface area contributed by atoms with E-state index >= 15 is 0 Å². The van der Waals surface area contributed by atoms with E-state index < -0.39 is 0 Å². The number of fused-ring (bicyclic) bond motifs is 1. The van der Waals surface area contributed by atoms with Crippen LogP contribution in [0.4, 0.5) is 5.69 Å². The largest absolute Gasteiger partial charge is 0.394 e. The number of anilines is 1. The Kier molecular flexibility index (Phi) is 6.90. The molecule has 1 aromatic carbocycles. The summed E-state index contributed by atoms with van der Waals surface area (Å²) in [6.45, 7) is 12.1. The van der Waals surface area contributed by atoms with Crippen LogP contribution in [0.2, 0.25) is 0 Å². The van der Waals surface area contributed by atoms with Crippen molar-refractivity contribution in [2.45, 2.75) is 45.8 Å². The molecule has 9 nitrogen and oxygen atoms in total. The summed E-state index contributed by atoms with van der Waals surface area (Å²) in [6, 6.07) is 4.82. The van der Waals surface area contributed by atoms with Crippen molar-refractivity contribution >= 4 is 16.9 Å². The van der Waals surface area contributed by atoms with Crippen LogP contribution in [0.5, 0.6) is 0 Å². The number of likely N-dealkylation sites (tertiary alicyclic amines) is 1. The highest BCUT2D eigenvalue weighted by molar-refractivity contribution is 5.91. The van der Waals surface area contributed by atoms with Gasteiger partial charge in [0.1, 0.15) is 5.52 Å². The fourth-order valence-corrected chi connectivity index (χ4v) is 6.06. The lowest BCUT2D eigenvalue weighted by Crippen LogP contribution is -2.44. The summed E-state index contributed by atoms with van der Waals surface area (Å²) >= 11 is 0. The Morgan fingerprint density at radius 1 is 1.08 bits per heavy atom. The number of nitrogens with one attached hydrogen (secondary N) is 1. The van der Waals surface area contributed by atoms with Crippen molar-refractivity contribution in [2.24, 2.45) is 0 Å². The van der Waals surface area contributed by atoms with E-state index in [4.69, 9.17) is 19.8 Å². The van der Waals surface area contributed by atoms with Gasteiger partial charge in [-0.3, -0.25) is 4.68 Å². The average molecular weight is 516 g/mol. The molecule has 9 heteroatoms. The molecule has 0 amide bonds. The Labute approximate surface area is 223 Å². The van der Waals surface area contributed by atoms with Crippen molar-refractivity contribution in [1.82, 2.24) is 29.6 Å². The van der Waals surface area contributed by atoms with Gasteiger partial charge >= 0.3 is 0 Å². The molecular formula is C29H37N7O2. The van der Waals surface area contributed by atoms with Crippen molar-refractivity contribution in [2.75, 3.05) is 50.8 Å². The molecule has 3 aromatic heterocycles. The SMILES string of the molecule is CCN1CCC(n2cc(-c3c[nH]c4ncc(-c5cc(C)c(N6CCOC(CO)C6)c(C)c5)nc34)cn2)CC1. The van der Waals surface area contributed by atoms with Crippen molar-refractivity contribution in [3.63, 3.8) is 0 Å². The lowest BCUT2D eigenvalue weighted by Gasteiger charge is -2.35. The van der Waals surface area contributed by atoms with E-state index in [-0.39, 0.29) is 12.7 Å². The molecule has 1 unspecified atom stereocenters. The molecule has 5 heterocycles. The quantitative estimate of drug-likeness (QED) is 0.401. The highest BCUT2D eigenvalue weighted by Crippen LogP contribution is 2.34. The fraction of sp³-hybridized carbons (Fsp3) is 0.483. The van der Waals surface area contributed by atoms with Crippen LogP contribution in [0.15, 0.2) is 36.9 Å². The summed E-state index contributed by atoms with van der Waals surface area (Å²) in [5, 5.41) is 14.3. The highest BCUT2D eigenvalue weighted by atomic mass is 16.5. The van der Waals surface area contributed by atoms with E-state index in [9.17, 15) is 5.11 Å². The van der Waals surface area contributed by atoms with Crippen molar-refractivity contribution in [1.29, 1.82) is 0 Å². The topological polar surface area (TPSA) is 95.3 Å². The van der Waals surface area contributed by atoms with E-state index in [1.54, 1.807) is 0 Å². The first-order valence-electron chi connectivity index (χ1n) is 13.7. The third kappa shape index (κ3) is 4.70. The molecule has 0 saturated carbocycles. The molecular weight excluding hydrogens is 478 g/mol. The molecule has 2 aliphatic heterocycles. The zero-order chi connectivity index (χ0) is 26.2. The number of aliphatic hydroxyl groups excluding tert-OH is 1. The number of H-pyrrole nitrogens is 1. The maximum atomic E-state index is 9.57. The van der Waals surface area contributed by atoms with Gasteiger partial charge in [0, 0.05) is 61.0 Å². The molecule has 38 heavy (non-hydrogen) atoms. The first-order chi connectivity index (χ1) is 18.5. The number of morpholine rings is 1. The third-order valence-corrected chi connectivity index (χ3v) is 8.12. The van der Waals surface area contributed by atoms with Crippen LogP contribution < -0.4 is 4.90 Å². The lowest BCUT2D eigenvalue weighted by atomic mass is 10.0. The highest BCUT2D eigenvalue weighted by Gasteiger charge is 2.24. The first kappa shape index (κ1) is 25.0. The number of rotatable bonds is 6. The van der Waals surface area contributed by atoms with Gasteiger partial charge in [0.15, 0.2) is 5.65 Å². The second-order valence-corrected chi connectivity index (χ2v) is 10.6. The monoisotopic (exact) mass is 515 g/mol. The van der Waals surface area contributed by atoms with Gasteiger partial charge in [-0.05, 0) is 56.5 Å². The van der Waals surface area contributed by atoms with Gasteiger partial charge in [-0.1, -0.05) is 6.92 Å². The molecule has 4 aromatic rings. The predicted molar refractivity (Wildman–Crippen MR) is 149 cm³/mol. The number of ether oxygens (including phenoxy) is 1. The van der Waals surface area contributed by atoms with E-state index in [1.165, 1.54) is 16.8 Å². The zero-order valence-corrected chi connectivity index (χ0v) is 22.5. The average Bonchev–Trinajstić information content (AvgIpc) is 3.60. The second-order valence-electron chi connectivity index (χ2n) is 10.6. The van der Waals surface area contributed by atoms with Crippen LogP contribution in [-0.2, 0) is 4.74 Å². The Morgan fingerprint density at radius 3 is 2.61 bits per heavy atom. The van der Waals surface area contributed by atoms with Gasteiger partial charge in [0.05, 0.1) is 43.4 Å². The molecule has 2 aliphatic rings. The minimum Gasteiger partial charge on any atom is -0.394 e. The number of hydrogen-bond acceptors (Lipinski definition) is 7. The summed E-state index contributed by atoms with van der Waals surface area (Å²) in [4.78, 5) is 17.9. The number of nitrogens with zero attached hydrogens (tertiary/aromatic N) is 6. The Morgan fingerprint density at radius 2 is 1.87 bits per heavy atom. The van der Waals surface area contributed by atoms with Crippen molar-refractivity contribution < 1.29 is 9.84 Å². The van der Waals surface area contributed by atoms with Crippen LogP contribution in [0.1, 0.15) is 36.9 Å². The van der Waals surface area contributed by atoms with E-state index in [2.05, 4.69) is 58.6 Å². The number of benzene rings is 1. The molecule has 0 aliphatic carbocycles. The van der Waals surface area contributed by atoms with Gasteiger partial charge in [-0.2, -0.15) is 5.10 Å². The minimum absolute atomic E-state index is 0.0400. The maximum Gasteiger partial charge on any atom is 0.156 e. The first-order valence-corrected chi connectivity index (χ1v) is 13.7. The predicted octanol–water partition coefficient (Wildman–Crippen LogP) is 3.96. The van der Waals surface area contributed by atoms with E-state index in [1.807, 2.05) is 18.6 Å². The van der Waals surface area contributed by atoms with Crippen molar-refractivity contribution in [3.8, 4) is 22.4 Å². The maximum absolute atomic E-state index is 9.57. The van der Waals surface area contributed by atoms with Crippen LogP contribution in [0, 0.1) is 13.8 Å². The molecule has 1 atom stereocenters. The standard InChI is InChI=1S/C29H37N7O2/c1-4-34-7-5-23(6-8-34)36-16-22(13-32-36)25-14-30-29-27(25)33-26(15-31-29)21-11-19(2)28(20(3)12-21)35-9-10-38-24(17-35)18-37/h11-16,23-24,37H,4-10,17-18H2,1-3H3,(H,30,31). The molecule has 2 fully saturated rings. The van der Waals surface area contributed by atoms with Crippen LogP contribution in [0.25, 0.3) is 33.5 Å². The molecule has 2 N–H and O–H groups in total. The summed E-state index contributed by atoms with van der Waals surface area (Å²) in [5.41, 5.74) is 9.22.